The predicted molar refractivity (Wildman–Crippen MR) is 77.2 cm³/mol. The van der Waals surface area contributed by atoms with Crippen LogP contribution in [0.3, 0.4) is 0 Å². The molecule has 0 saturated heterocycles. The molecule has 0 radical (unpaired) electrons. The molecular weight excluding hydrogens is 256 g/mol. The number of aryl methyl sites for hydroxylation is 2. The van der Waals surface area contributed by atoms with Gasteiger partial charge in [-0.05, 0) is 25.3 Å². The largest absolute Gasteiger partial charge is 0.396 e. The summed E-state index contributed by atoms with van der Waals surface area (Å²) in [5.41, 5.74) is 2.30. The van der Waals surface area contributed by atoms with E-state index in [0.29, 0.717) is 25.8 Å². The Labute approximate surface area is 119 Å². The second kappa shape index (κ2) is 9.09. The maximum Gasteiger partial charge on any atom is 0.239 e. The van der Waals surface area contributed by atoms with Crippen molar-refractivity contribution in [1.82, 2.24) is 10.6 Å². The highest BCUT2D eigenvalue weighted by atomic mass is 16.3. The summed E-state index contributed by atoms with van der Waals surface area (Å²) in [6.07, 6.45) is 1.55. The minimum absolute atomic E-state index is 0.0157. The highest BCUT2D eigenvalue weighted by Crippen LogP contribution is 2.05. The monoisotopic (exact) mass is 278 g/mol. The molecule has 1 aromatic carbocycles. The highest BCUT2D eigenvalue weighted by Gasteiger charge is 2.05. The molecule has 0 aliphatic rings. The van der Waals surface area contributed by atoms with Crippen molar-refractivity contribution in [2.75, 3.05) is 19.7 Å². The number of benzene rings is 1. The van der Waals surface area contributed by atoms with Crippen molar-refractivity contribution in [3.63, 3.8) is 0 Å². The van der Waals surface area contributed by atoms with Crippen molar-refractivity contribution >= 4 is 11.8 Å². The summed E-state index contributed by atoms with van der Waals surface area (Å²) in [5, 5.41) is 13.8. The minimum Gasteiger partial charge on any atom is -0.396 e. The molecule has 3 N–H and O–H groups in total. The molecule has 0 aromatic heterocycles. The topological polar surface area (TPSA) is 78.4 Å². The fourth-order valence-corrected chi connectivity index (χ4v) is 1.65. The van der Waals surface area contributed by atoms with Crippen LogP contribution in [0.1, 0.15) is 24.0 Å². The van der Waals surface area contributed by atoms with Gasteiger partial charge >= 0.3 is 0 Å². The lowest BCUT2D eigenvalue weighted by Gasteiger charge is -2.06. The quantitative estimate of drug-likeness (QED) is 0.607. The molecule has 0 spiro atoms. The molecule has 0 saturated carbocycles. The van der Waals surface area contributed by atoms with Gasteiger partial charge in [-0.25, -0.2) is 0 Å². The average Bonchev–Trinajstić information content (AvgIpc) is 2.45. The van der Waals surface area contributed by atoms with Crippen LogP contribution in [0, 0.1) is 6.92 Å². The molecule has 5 heteroatoms. The fourth-order valence-electron chi connectivity index (χ4n) is 1.65. The molecule has 0 aliphatic carbocycles. The predicted octanol–water partition coefficient (Wildman–Crippen LogP) is 0.542. The Morgan fingerprint density at radius 1 is 1.10 bits per heavy atom. The number of amides is 2. The van der Waals surface area contributed by atoms with Crippen LogP contribution in [0.25, 0.3) is 0 Å². The summed E-state index contributed by atoms with van der Waals surface area (Å²) in [6, 6.07) is 8.04. The molecule has 0 atom stereocenters. The standard InChI is InChI=1S/C15H22N2O3/c1-12-3-5-13(6-4-12)7-8-14(19)17-11-15(20)16-9-2-10-18/h3-6,18H,2,7-11H2,1H3,(H,16,20)(H,17,19). The SMILES string of the molecule is Cc1ccc(CCC(=O)NCC(=O)NCCCO)cc1. The van der Waals surface area contributed by atoms with E-state index in [2.05, 4.69) is 10.6 Å². The summed E-state index contributed by atoms with van der Waals surface area (Å²) >= 11 is 0. The van der Waals surface area contributed by atoms with E-state index in [9.17, 15) is 9.59 Å². The van der Waals surface area contributed by atoms with E-state index < -0.39 is 0 Å². The minimum atomic E-state index is -0.234. The Hall–Kier alpha value is -1.88. The van der Waals surface area contributed by atoms with E-state index in [1.807, 2.05) is 31.2 Å². The number of hydrogen-bond donors (Lipinski definition) is 3. The Kier molecular flexibility index (Phi) is 7.35. The number of nitrogens with one attached hydrogen (secondary N) is 2. The van der Waals surface area contributed by atoms with Crippen LogP contribution in [0.2, 0.25) is 0 Å². The number of carbonyl (C=O) groups is 2. The molecule has 0 fully saturated rings. The normalized spacial score (nSPS) is 10.1. The first kappa shape index (κ1) is 16.2. The van der Waals surface area contributed by atoms with E-state index >= 15 is 0 Å². The van der Waals surface area contributed by atoms with E-state index in [4.69, 9.17) is 5.11 Å². The third-order valence-electron chi connectivity index (χ3n) is 2.86. The number of hydrogen-bond acceptors (Lipinski definition) is 3. The Morgan fingerprint density at radius 3 is 2.45 bits per heavy atom. The molecule has 0 heterocycles. The first-order chi connectivity index (χ1) is 9.61. The van der Waals surface area contributed by atoms with Crippen LogP contribution in [0.4, 0.5) is 0 Å². The second-order valence-corrected chi connectivity index (χ2v) is 4.69. The van der Waals surface area contributed by atoms with Crippen LogP contribution in [-0.2, 0) is 16.0 Å². The third kappa shape index (κ3) is 6.89. The van der Waals surface area contributed by atoms with Gasteiger partial charge in [-0.1, -0.05) is 29.8 Å². The summed E-state index contributed by atoms with van der Waals surface area (Å²) in [7, 11) is 0. The van der Waals surface area contributed by atoms with Gasteiger partial charge in [0, 0.05) is 19.6 Å². The summed E-state index contributed by atoms with van der Waals surface area (Å²) in [4.78, 5) is 22.9. The van der Waals surface area contributed by atoms with E-state index in [-0.39, 0.29) is 25.0 Å². The van der Waals surface area contributed by atoms with Crippen molar-refractivity contribution in [3.05, 3.63) is 35.4 Å². The smallest absolute Gasteiger partial charge is 0.239 e. The lowest BCUT2D eigenvalue weighted by atomic mass is 10.1. The first-order valence-corrected chi connectivity index (χ1v) is 6.81. The second-order valence-electron chi connectivity index (χ2n) is 4.69. The van der Waals surface area contributed by atoms with Crippen LogP contribution >= 0.6 is 0 Å². The average molecular weight is 278 g/mol. The Bertz CT molecular complexity index is 429. The summed E-state index contributed by atoms with van der Waals surface area (Å²) in [6.45, 7) is 2.47. The van der Waals surface area contributed by atoms with Crippen molar-refractivity contribution in [2.24, 2.45) is 0 Å². The number of aliphatic hydroxyl groups is 1. The lowest BCUT2D eigenvalue weighted by Crippen LogP contribution is -2.37. The molecule has 20 heavy (non-hydrogen) atoms. The van der Waals surface area contributed by atoms with Gasteiger partial charge < -0.3 is 15.7 Å². The molecule has 0 bridgehead atoms. The van der Waals surface area contributed by atoms with Crippen molar-refractivity contribution in [3.8, 4) is 0 Å². The molecule has 110 valence electrons. The first-order valence-electron chi connectivity index (χ1n) is 6.81. The fraction of sp³-hybridized carbons (Fsp3) is 0.467. The number of rotatable bonds is 8. The Balaban J connectivity index is 2.17. The zero-order valence-corrected chi connectivity index (χ0v) is 11.8. The van der Waals surface area contributed by atoms with Crippen LogP contribution in [0.15, 0.2) is 24.3 Å². The number of carbonyl (C=O) groups excluding carboxylic acids is 2. The number of aliphatic hydroxyl groups excluding tert-OH is 1. The third-order valence-corrected chi connectivity index (χ3v) is 2.86. The zero-order valence-electron chi connectivity index (χ0n) is 11.8. The molecular formula is C15H22N2O3. The van der Waals surface area contributed by atoms with E-state index in [1.54, 1.807) is 0 Å². The molecule has 1 rings (SSSR count). The molecule has 0 unspecified atom stereocenters. The van der Waals surface area contributed by atoms with Gasteiger partial charge in [0.05, 0.1) is 6.54 Å². The molecule has 1 aromatic rings. The van der Waals surface area contributed by atoms with Crippen molar-refractivity contribution in [2.45, 2.75) is 26.2 Å². The van der Waals surface area contributed by atoms with Gasteiger partial charge in [0.25, 0.3) is 0 Å². The van der Waals surface area contributed by atoms with Gasteiger partial charge in [-0.15, -0.1) is 0 Å². The van der Waals surface area contributed by atoms with Crippen molar-refractivity contribution in [1.29, 1.82) is 0 Å². The van der Waals surface area contributed by atoms with Gasteiger partial charge in [-0.2, -0.15) is 0 Å². The van der Waals surface area contributed by atoms with Gasteiger partial charge in [0.2, 0.25) is 11.8 Å². The summed E-state index contributed by atoms with van der Waals surface area (Å²) in [5.74, 6) is -0.370. The van der Waals surface area contributed by atoms with Gasteiger partial charge in [0.1, 0.15) is 0 Å². The molecule has 5 nitrogen and oxygen atoms in total. The molecule has 0 aliphatic heterocycles. The van der Waals surface area contributed by atoms with Gasteiger partial charge in [-0.3, -0.25) is 9.59 Å². The van der Waals surface area contributed by atoms with Gasteiger partial charge in [0.15, 0.2) is 0 Å². The van der Waals surface area contributed by atoms with E-state index in [1.165, 1.54) is 5.56 Å². The van der Waals surface area contributed by atoms with Crippen molar-refractivity contribution < 1.29 is 14.7 Å². The highest BCUT2D eigenvalue weighted by molar-refractivity contribution is 5.84. The van der Waals surface area contributed by atoms with Crippen LogP contribution < -0.4 is 10.6 Å². The maximum absolute atomic E-state index is 11.6. The maximum atomic E-state index is 11.6. The summed E-state index contributed by atoms with van der Waals surface area (Å²) < 4.78 is 0. The van der Waals surface area contributed by atoms with Crippen LogP contribution in [-0.4, -0.2) is 36.6 Å². The van der Waals surface area contributed by atoms with Crippen LogP contribution in [0.5, 0.6) is 0 Å². The van der Waals surface area contributed by atoms with E-state index in [0.717, 1.165) is 5.56 Å². The lowest BCUT2D eigenvalue weighted by molar-refractivity contribution is -0.126. The molecule has 2 amide bonds. The Morgan fingerprint density at radius 2 is 1.80 bits per heavy atom. The zero-order chi connectivity index (χ0) is 14.8.